The van der Waals surface area contributed by atoms with E-state index in [9.17, 15) is 24.3 Å². The summed E-state index contributed by atoms with van der Waals surface area (Å²) in [6, 6.07) is 6.83. The quantitative estimate of drug-likeness (QED) is 0.180. The van der Waals surface area contributed by atoms with Crippen LogP contribution >= 0.6 is 0 Å². The minimum atomic E-state index is -2.28. The van der Waals surface area contributed by atoms with Crippen molar-refractivity contribution in [1.82, 2.24) is 19.7 Å². The number of benzene rings is 1. The molecule has 58 heavy (non-hydrogen) atoms. The van der Waals surface area contributed by atoms with Crippen LogP contribution in [-0.4, -0.2) is 127 Å². The van der Waals surface area contributed by atoms with Gasteiger partial charge in [-0.15, -0.1) is 0 Å². The van der Waals surface area contributed by atoms with Gasteiger partial charge in [-0.1, -0.05) is 44.2 Å². The van der Waals surface area contributed by atoms with Crippen LogP contribution < -0.4 is 0 Å². The van der Waals surface area contributed by atoms with Gasteiger partial charge in [-0.2, -0.15) is 0 Å². The zero-order valence-electron chi connectivity index (χ0n) is 34.7. The molecule has 1 saturated heterocycles. The number of ether oxygens (including phenoxy) is 3. The Labute approximate surface area is 340 Å². The Balaban J connectivity index is 1.34. The summed E-state index contributed by atoms with van der Waals surface area (Å²) in [6.07, 6.45) is 8.90. The molecule has 1 aromatic carbocycles. The minimum absolute atomic E-state index is 0.00888. The van der Waals surface area contributed by atoms with E-state index in [1.165, 1.54) is 21.3 Å². The molecule has 4 aliphatic heterocycles. The number of likely N-dealkylation sites (N-methyl/N-ethyl adjacent to an activating group) is 1. The second-order valence-corrected chi connectivity index (χ2v) is 17.6. The molecular weight excluding hydrogens is 741 g/mol. The van der Waals surface area contributed by atoms with Crippen molar-refractivity contribution >= 4 is 41.0 Å². The highest BCUT2D eigenvalue weighted by atomic mass is 16.5. The number of fused-ring (bicyclic) bond motifs is 3. The van der Waals surface area contributed by atoms with Crippen LogP contribution in [-0.2, 0) is 50.0 Å². The Morgan fingerprint density at radius 2 is 1.74 bits per heavy atom. The summed E-state index contributed by atoms with van der Waals surface area (Å²) in [7, 11) is 5.88. The molecule has 312 valence electrons. The SMILES string of the molecule is CC[C@H]1CN(C=O)CCc2c([nH]c3ccccc23)[C@@](C(=O)OC)([C@H]2CCC3=C(C2)[C@]24CCN5CC=C[C@@](CC)([C@@H](C(=O)OC)[C@](O)(C(=O)OC)[C@H]2N3C)[C@H]54)CCC1=O. The van der Waals surface area contributed by atoms with Gasteiger partial charge in [0.05, 0.1) is 27.4 Å². The fourth-order valence-electron chi connectivity index (χ4n) is 13.5. The number of aromatic amines is 1. The summed E-state index contributed by atoms with van der Waals surface area (Å²) >= 11 is 0. The zero-order chi connectivity index (χ0) is 41.4. The Hall–Kier alpha value is -4.49. The highest BCUT2D eigenvalue weighted by Crippen LogP contribution is 2.71. The lowest BCUT2D eigenvalue weighted by Gasteiger charge is -2.64. The van der Waals surface area contributed by atoms with Crippen LogP contribution in [0.4, 0.5) is 0 Å². The number of carbonyl (C=O) groups excluding carboxylic acids is 5. The van der Waals surface area contributed by atoms with Crippen molar-refractivity contribution < 1.29 is 43.3 Å². The minimum Gasteiger partial charge on any atom is -0.469 e. The van der Waals surface area contributed by atoms with E-state index >= 15 is 4.79 Å². The van der Waals surface area contributed by atoms with E-state index in [1.807, 2.05) is 62.2 Å². The Morgan fingerprint density at radius 3 is 2.43 bits per heavy atom. The van der Waals surface area contributed by atoms with Gasteiger partial charge in [-0.05, 0) is 81.0 Å². The van der Waals surface area contributed by atoms with Gasteiger partial charge in [0.25, 0.3) is 0 Å². The number of ketones is 1. The fraction of sp³-hybridized carbons (Fsp3) is 0.622. The van der Waals surface area contributed by atoms with Crippen molar-refractivity contribution in [2.24, 2.45) is 28.6 Å². The molecule has 0 unspecified atom stereocenters. The van der Waals surface area contributed by atoms with Crippen LogP contribution in [0.2, 0.25) is 0 Å². The van der Waals surface area contributed by atoms with E-state index < -0.39 is 51.7 Å². The van der Waals surface area contributed by atoms with E-state index in [-0.39, 0.29) is 36.5 Å². The van der Waals surface area contributed by atoms with Crippen molar-refractivity contribution in [3.8, 4) is 0 Å². The average Bonchev–Trinajstić information content (AvgIpc) is 3.90. The molecule has 2 N–H and O–H groups in total. The molecule has 2 aliphatic carbocycles. The first-order chi connectivity index (χ1) is 27.9. The number of esters is 3. The molecule has 8 rings (SSSR count). The summed E-state index contributed by atoms with van der Waals surface area (Å²) in [4.78, 5) is 79.9. The number of rotatable bonds is 7. The van der Waals surface area contributed by atoms with E-state index in [1.54, 1.807) is 4.90 Å². The first-order valence-corrected chi connectivity index (χ1v) is 21.1. The number of hydrogen-bond donors (Lipinski definition) is 2. The lowest BCUT2D eigenvalue weighted by molar-refractivity contribution is -0.225. The predicted octanol–water partition coefficient (Wildman–Crippen LogP) is 4.07. The van der Waals surface area contributed by atoms with Gasteiger partial charge in [0.1, 0.15) is 17.1 Å². The number of methoxy groups -OCH3 is 3. The van der Waals surface area contributed by atoms with Gasteiger partial charge in [0.2, 0.25) is 6.41 Å². The lowest BCUT2D eigenvalue weighted by atomic mass is 9.43. The number of para-hydroxylation sites is 1. The monoisotopic (exact) mass is 798 g/mol. The molecule has 6 aliphatic rings. The third-order valence-electron chi connectivity index (χ3n) is 15.8. The molecule has 2 fully saturated rings. The lowest BCUT2D eigenvalue weighted by Crippen LogP contribution is -2.78. The molecule has 1 aromatic heterocycles. The summed E-state index contributed by atoms with van der Waals surface area (Å²) < 4.78 is 16.7. The molecule has 1 saturated carbocycles. The second kappa shape index (κ2) is 14.7. The van der Waals surface area contributed by atoms with Gasteiger partial charge >= 0.3 is 17.9 Å². The Bertz CT molecular complexity index is 2090. The molecule has 1 amide bonds. The van der Waals surface area contributed by atoms with Crippen LogP contribution in [0.25, 0.3) is 10.9 Å². The van der Waals surface area contributed by atoms with Gasteiger partial charge in [-0.25, -0.2) is 4.79 Å². The molecule has 13 heteroatoms. The first-order valence-electron chi connectivity index (χ1n) is 21.1. The van der Waals surface area contributed by atoms with Crippen LogP contribution in [0.5, 0.6) is 0 Å². The second-order valence-electron chi connectivity index (χ2n) is 17.6. The fourth-order valence-corrected chi connectivity index (χ4v) is 13.5. The summed E-state index contributed by atoms with van der Waals surface area (Å²) in [5.74, 6) is -3.91. The zero-order valence-corrected chi connectivity index (χ0v) is 34.7. The third-order valence-corrected chi connectivity index (χ3v) is 15.8. The number of allylic oxidation sites excluding steroid dienone is 1. The van der Waals surface area contributed by atoms with Crippen LogP contribution in [0, 0.1) is 28.6 Å². The molecule has 0 bridgehead atoms. The Kier molecular flexibility index (Phi) is 10.2. The number of aliphatic hydroxyl groups is 1. The molecule has 1 spiro atoms. The smallest absolute Gasteiger partial charge is 0.341 e. The van der Waals surface area contributed by atoms with E-state index in [2.05, 4.69) is 9.88 Å². The number of H-pyrrole nitrogens is 1. The first kappa shape index (κ1) is 40.3. The van der Waals surface area contributed by atoms with Gasteiger partial charge in [-0.3, -0.25) is 24.1 Å². The van der Waals surface area contributed by atoms with E-state index in [0.29, 0.717) is 71.1 Å². The summed E-state index contributed by atoms with van der Waals surface area (Å²) in [6.45, 7) is 6.00. The molecule has 2 aromatic rings. The number of Topliss-reactive ketones (excluding diaryl/α,β-unsaturated/α-hetero) is 1. The molecular formula is C45H58N4O9. The predicted molar refractivity (Wildman–Crippen MR) is 214 cm³/mol. The number of nitrogens with one attached hydrogen (secondary N) is 1. The van der Waals surface area contributed by atoms with Gasteiger partial charge < -0.3 is 34.1 Å². The van der Waals surface area contributed by atoms with Crippen molar-refractivity contribution in [2.75, 3.05) is 54.6 Å². The van der Waals surface area contributed by atoms with Crippen molar-refractivity contribution in [1.29, 1.82) is 0 Å². The van der Waals surface area contributed by atoms with Crippen molar-refractivity contribution in [2.45, 2.75) is 94.7 Å². The van der Waals surface area contributed by atoms with Crippen LogP contribution in [0.3, 0.4) is 0 Å². The number of aromatic nitrogens is 1. The van der Waals surface area contributed by atoms with E-state index in [4.69, 9.17) is 14.2 Å². The third kappa shape index (κ3) is 5.23. The number of nitrogens with zero attached hydrogens (tertiary/aromatic N) is 3. The normalized spacial score (nSPS) is 36.1. The highest BCUT2D eigenvalue weighted by Gasteiger charge is 2.81. The van der Waals surface area contributed by atoms with Crippen LogP contribution in [0.15, 0.2) is 47.7 Å². The topological polar surface area (TPSA) is 159 Å². The van der Waals surface area contributed by atoms with Gasteiger partial charge in [0.15, 0.2) is 5.60 Å². The number of hydrogen-bond acceptors (Lipinski definition) is 11. The maximum absolute atomic E-state index is 15.0. The number of carbonyl (C=O) groups is 5. The molecule has 13 nitrogen and oxygen atoms in total. The maximum Gasteiger partial charge on any atom is 0.341 e. The van der Waals surface area contributed by atoms with Crippen molar-refractivity contribution in [3.63, 3.8) is 0 Å². The average molecular weight is 799 g/mol. The Morgan fingerprint density at radius 1 is 0.983 bits per heavy atom. The summed E-state index contributed by atoms with van der Waals surface area (Å²) in [5.41, 5.74) is -0.743. The molecule has 9 atom stereocenters. The number of amides is 1. The maximum atomic E-state index is 15.0. The van der Waals surface area contributed by atoms with E-state index in [0.717, 1.165) is 39.8 Å². The highest BCUT2D eigenvalue weighted by molar-refractivity contribution is 5.93. The van der Waals surface area contributed by atoms with Crippen LogP contribution in [0.1, 0.15) is 76.5 Å². The molecule has 0 radical (unpaired) electrons. The largest absolute Gasteiger partial charge is 0.469 e. The van der Waals surface area contributed by atoms with Crippen molar-refractivity contribution in [3.05, 3.63) is 58.9 Å². The summed E-state index contributed by atoms with van der Waals surface area (Å²) in [5, 5.41) is 14.2. The standard InChI is InChI=1S/C45H58N4O9/c1-7-27-25-48(26-50)22-17-30-29-12-9-10-13-32(29)46-36(30)43(40(53)57-5,19-16-34(27)51)28-14-15-33-31(24-28)44-20-23-49-21-11-18-42(8-2,38(44)49)35(37(52)56-4)45(55,41(54)58-6)39(44)47(33)3/h9-13,18,26-28,35,38-39,46,55H,7-8,14-17,19-25H2,1-6H3/t27-,28-,35+,38-,39-,42-,43-,44-,45+/m0/s1. The molecule has 5 heterocycles. The van der Waals surface area contributed by atoms with Gasteiger partial charge in [0, 0.05) is 78.2 Å².